The number of rotatable bonds is 3. The zero-order valence-electron chi connectivity index (χ0n) is 9.91. The molecule has 0 aliphatic carbocycles. The Morgan fingerprint density at radius 3 is 2.69 bits per heavy atom. The standard InChI is InChI=1S/C12H18N2O.ClH/c1-4-8(2)12(15)14-11-7-10(13)6-5-9(11)3;/h5-8H,4,13H2,1-3H3,(H,14,15);1H. The second kappa shape index (κ2) is 6.38. The molecule has 1 atom stereocenters. The first-order valence-electron chi connectivity index (χ1n) is 5.21. The second-order valence-corrected chi connectivity index (χ2v) is 3.87. The summed E-state index contributed by atoms with van der Waals surface area (Å²) in [6.07, 6.45) is 0.840. The number of amides is 1. The van der Waals surface area contributed by atoms with Gasteiger partial charge in [0.1, 0.15) is 0 Å². The topological polar surface area (TPSA) is 55.1 Å². The Morgan fingerprint density at radius 1 is 1.50 bits per heavy atom. The van der Waals surface area contributed by atoms with E-state index in [2.05, 4.69) is 5.32 Å². The maximum absolute atomic E-state index is 11.7. The Morgan fingerprint density at radius 2 is 2.12 bits per heavy atom. The third-order valence-corrected chi connectivity index (χ3v) is 2.58. The Hall–Kier alpha value is -1.22. The van der Waals surface area contributed by atoms with Crippen LogP contribution in [0.4, 0.5) is 11.4 Å². The number of carbonyl (C=O) groups excluding carboxylic acids is 1. The van der Waals surface area contributed by atoms with Crippen LogP contribution in [0.15, 0.2) is 18.2 Å². The minimum absolute atomic E-state index is 0. The lowest BCUT2D eigenvalue weighted by Gasteiger charge is -2.12. The molecule has 1 amide bonds. The summed E-state index contributed by atoms with van der Waals surface area (Å²) in [6.45, 7) is 5.86. The lowest BCUT2D eigenvalue weighted by molar-refractivity contribution is -0.119. The van der Waals surface area contributed by atoms with Gasteiger partial charge in [-0.3, -0.25) is 4.79 Å². The molecule has 4 heteroatoms. The number of hydrogen-bond acceptors (Lipinski definition) is 2. The van der Waals surface area contributed by atoms with Crippen LogP contribution in [0.2, 0.25) is 0 Å². The summed E-state index contributed by atoms with van der Waals surface area (Å²) < 4.78 is 0. The Kier molecular flexibility index (Phi) is 5.89. The van der Waals surface area contributed by atoms with Gasteiger partial charge < -0.3 is 11.1 Å². The molecule has 0 bridgehead atoms. The maximum Gasteiger partial charge on any atom is 0.227 e. The van der Waals surface area contributed by atoms with Gasteiger partial charge in [0.05, 0.1) is 0 Å². The molecule has 3 N–H and O–H groups in total. The molecule has 0 aliphatic heterocycles. The van der Waals surface area contributed by atoms with Crippen molar-refractivity contribution in [2.75, 3.05) is 11.1 Å². The molecule has 0 saturated carbocycles. The van der Waals surface area contributed by atoms with Gasteiger partial charge in [-0.25, -0.2) is 0 Å². The van der Waals surface area contributed by atoms with Gasteiger partial charge in [0.25, 0.3) is 0 Å². The fraction of sp³-hybridized carbons (Fsp3) is 0.417. The van der Waals surface area contributed by atoms with Gasteiger partial charge in [-0.2, -0.15) is 0 Å². The highest BCUT2D eigenvalue weighted by Gasteiger charge is 2.11. The van der Waals surface area contributed by atoms with E-state index in [1.54, 1.807) is 6.07 Å². The van der Waals surface area contributed by atoms with Crippen molar-refractivity contribution in [2.24, 2.45) is 5.92 Å². The minimum Gasteiger partial charge on any atom is -0.399 e. The van der Waals surface area contributed by atoms with E-state index < -0.39 is 0 Å². The first kappa shape index (κ1) is 14.8. The fourth-order valence-electron chi connectivity index (χ4n) is 1.22. The van der Waals surface area contributed by atoms with Crippen LogP contribution in [0.3, 0.4) is 0 Å². The van der Waals surface area contributed by atoms with Crippen LogP contribution in [-0.2, 0) is 4.79 Å². The normalized spacial score (nSPS) is 11.4. The Labute approximate surface area is 103 Å². The monoisotopic (exact) mass is 242 g/mol. The number of nitrogen functional groups attached to an aromatic ring is 1. The average Bonchev–Trinajstić information content (AvgIpc) is 2.22. The summed E-state index contributed by atoms with van der Waals surface area (Å²) in [5, 5.41) is 2.88. The molecule has 0 radical (unpaired) electrons. The zero-order valence-corrected chi connectivity index (χ0v) is 10.7. The molecule has 3 nitrogen and oxygen atoms in total. The lowest BCUT2D eigenvalue weighted by atomic mass is 10.1. The molecule has 0 heterocycles. The van der Waals surface area contributed by atoms with E-state index in [9.17, 15) is 4.79 Å². The summed E-state index contributed by atoms with van der Waals surface area (Å²) in [6, 6.07) is 5.52. The van der Waals surface area contributed by atoms with E-state index in [4.69, 9.17) is 5.73 Å². The van der Waals surface area contributed by atoms with Crippen molar-refractivity contribution < 1.29 is 4.79 Å². The van der Waals surface area contributed by atoms with Crippen molar-refractivity contribution >= 4 is 29.7 Å². The number of nitrogens with one attached hydrogen (secondary N) is 1. The fourth-order valence-corrected chi connectivity index (χ4v) is 1.22. The number of hydrogen-bond donors (Lipinski definition) is 2. The summed E-state index contributed by atoms with van der Waals surface area (Å²) in [7, 11) is 0. The van der Waals surface area contributed by atoms with Crippen LogP contribution in [0, 0.1) is 12.8 Å². The highest BCUT2D eigenvalue weighted by molar-refractivity contribution is 5.93. The first-order valence-corrected chi connectivity index (χ1v) is 5.21. The van der Waals surface area contributed by atoms with Gasteiger partial charge >= 0.3 is 0 Å². The lowest BCUT2D eigenvalue weighted by Crippen LogP contribution is -2.20. The molecule has 0 spiro atoms. The molecule has 0 aromatic heterocycles. The predicted molar refractivity (Wildman–Crippen MR) is 70.9 cm³/mol. The zero-order chi connectivity index (χ0) is 11.4. The molecule has 1 aromatic carbocycles. The maximum atomic E-state index is 11.7. The van der Waals surface area contributed by atoms with Crippen molar-refractivity contribution in [1.29, 1.82) is 0 Å². The van der Waals surface area contributed by atoms with Crippen molar-refractivity contribution in [3.05, 3.63) is 23.8 Å². The predicted octanol–water partition coefficient (Wildman–Crippen LogP) is 2.98. The number of benzene rings is 1. The smallest absolute Gasteiger partial charge is 0.227 e. The molecule has 1 unspecified atom stereocenters. The van der Waals surface area contributed by atoms with Crippen LogP contribution in [-0.4, -0.2) is 5.91 Å². The van der Waals surface area contributed by atoms with Crippen molar-refractivity contribution in [3.8, 4) is 0 Å². The van der Waals surface area contributed by atoms with Gasteiger partial charge in [0.15, 0.2) is 0 Å². The number of nitrogens with two attached hydrogens (primary N) is 1. The number of anilines is 2. The Balaban J connectivity index is 0.00000225. The summed E-state index contributed by atoms with van der Waals surface area (Å²) in [4.78, 5) is 11.7. The SMILES string of the molecule is CCC(C)C(=O)Nc1cc(N)ccc1C.Cl. The molecule has 16 heavy (non-hydrogen) atoms. The van der Waals surface area contributed by atoms with E-state index in [-0.39, 0.29) is 24.2 Å². The third-order valence-electron chi connectivity index (χ3n) is 2.58. The van der Waals surface area contributed by atoms with Crippen molar-refractivity contribution in [2.45, 2.75) is 27.2 Å². The molecule has 0 aliphatic rings. The number of halogens is 1. The summed E-state index contributed by atoms with van der Waals surface area (Å²) >= 11 is 0. The largest absolute Gasteiger partial charge is 0.399 e. The average molecular weight is 243 g/mol. The molecule has 0 fully saturated rings. The molecule has 1 aromatic rings. The molecular formula is C12H19ClN2O. The Bertz CT molecular complexity index is 366. The van der Waals surface area contributed by atoms with Crippen LogP contribution in [0.5, 0.6) is 0 Å². The van der Waals surface area contributed by atoms with E-state index >= 15 is 0 Å². The number of aryl methyl sites for hydroxylation is 1. The number of carbonyl (C=O) groups is 1. The highest BCUT2D eigenvalue weighted by Crippen LogP contribution is 2.19. The van der Waals surface area contributed by atoms with Gasteiger partial charge in [-0.1, -0.05) is 19.9 Å². The first-order chi connectivity index (χ1) is 7.04. The van der Waals surface area contributed by atoms with Crippen LogP contribution >= 0.6 is 12.4 Å². The molecule has 1 rings (SSSR count). The van der Waals surface area contributed by atoms with Gasteiger partial charge in [-0.15, -0.1) is 12.4 Å². The summed E-state index contributed by atoms with van der Waals surface area (Å²) in [5.74, 6) is 0.0806. The van der Waals surface area contributed by atoms with Gasteiger partial charge in [0, 0.05) is 17.3 Å². The highest BCUT2D eigenvalue weighted by atomic mass is 35.5. The van der Waals surface area contributed by atoms with Crippen LogP contribution in [0.1, 0.15) is 25.8 Å². The quantitative estimate of drug-likeness (QED) is 0.801. The molecule has 90 valence electrons. The summed E-state index contributed by atoms with van der Waals surface area (Å²) in [5.41, 5.74) is 8.16. The van der Waals surface area contributed by atoms with Gasteiger partial charge in [0.2, 0.25) is 5.91 Å². The van der Waals surface area contributed by atoms with Crippen LogP contribution < -0.4 is 11.1 Å². The van der Waals surface area contributed by atoms with Crippen molar-refractivity contribution in [1.82, 2.24) is 0 Å². The van der Waals surface area contributed by atoms with E-state index in [1.165, 1.54) is 0 Å². The minimum atomic E-state index is 0. The third kappa shape index (κ3) is 3.74. The molecular weight excluding hydrogens is 224 g/mol. The van der Waals surface area contributed by atoms with E-state index in [0.29, 0.717) is 5.69 Å². The second-order valence-electron chi connectivity index (χ2n) is 3.87. The van der Waals surface area contributed by atoms with Gasteiger partial charge in [-0.05, 0) is 31.0 Å². The van der Waals surface area contributed by atoms with Crippen LogP contribution in [0.25, 0.3) is 0 Å². The van der Waals surface area contributed by atoms with Crippen molar-refractivity contribution in [3.63, 3.8) is 0 Å². The molecule has 0 saturated heterocycles. The van der Waals surface area contributed by atoms with E-state index in [1.807, 2.05) is 32.9 Å². The van der Waals surface area contributed by atoms with E-state index in [0.717, 1.165) is 17.7 Å².